The van der Waals surface area contributed by atoms with Gasteiger partial charge in [-0.25, -0.2) is 0 Å². The molecule has 1 atom stereocenters. The van der Waals surface area contributed by atoms with Gasteiger partial charge in [0.15, 0.2) is 5.58 Å². The zero-order chi connectivity index (χ0) is 38.2. The molecule has 0 aliphatic heterocycles. The maximum absolute atomic E-state index is 6.89. The largest absolute Gasteiger partial charge is 0.456 e. The molecule has 12 rings (SSSR count). The second kappa shape index (κ2) is 12.7. The number of hydrogen-bond acceptors (Lipinski definition) is 3. The van der Waals surface area contributed by atoms with Crippen LogP contribution in [0.5, 0.6) is 0 Å². The Morgan fingerprint density at radius 2 is 0.862 bits per heavy atom. The van der Waals surface area contributed by atoms with Crippen LogP contribution in [0.3, 0.4) is 0 Å². The highest BCUT2D eigenvalue weighted by atomic mass is 16.3. The Balaban J connectivity index is 1.18. The molecule has 2 aromatic heterocycles. The van der Waals surface area contributed by atoms with Crippen LogP contribution < -0.4 is 4.90 Å². The van der Waals surface area contributed by atoms with Crippen molar-refractivity contribution in [1.82, 2.24) is 0 Å². The second-order valence-corrected chi connectivity index (χ2v) is 15.1. The summed E-state index contributed by atoms with van der Waals surface area (Å²) < 4.78 is 13.7. The van der Waals surface area contributed by atoms with Crippen molar-refractivity contribution >= 4 is 60.9 Å². The lowest BCUT2D eigenvalue weighted by Crippen LogP contribution is -2.28. The van der Waals surface area contributed by atoms with Crippen LogP contribution in [0.25, 0.3) is 66.1 Å². The molecule has 1 aliphatic carbocycles. The zero-order valence-electron chi connectivity index (χ0n) is 31.5. The number of hydrogen-bond donors (Lipinski definition) is 0. The van der Waals surface area contributed by atoms with Crippen molar-refractivity contribution in [3.8, 4) is 22.3 Å². The molecule has 2 heterocycles. The summed E-state index contributed by atoms with van der Waals surface area (Å²) in [5.74, 6) is 0. The minimum absolute atomic E-state index is 0.690. The second-order valence-electron chi connectivity index (χ2n) is 15.1. The van der Waals surface area contributed by atoms with Crippen molar-refractivity contribution in [1.29, 1.82) is 0 Å². The van der Waals surface area contributed by atoms with E-state index < -0.39 is 5.41 Å². The number of furan rings is 2. The first-order valence-corrected chi connectivity index (χ1v) is 19.8. The summed E-state index contributed by atoms with van der Waals surface area (Å²) in [4.78, 5) is 2.40. The maximum Gasteiger partial charge on any atom is 0.159 e. The van der Waals surface area contributed by atoms with Crippen LogP contribution in [0.15, 0.2) is 221 Å². The highest BCUT2D eigenvalue weighted by molar-refractivity contribution is 6.12. The number of fused-ring (bicyclic) bond motifs is 9. The average molecular weight is 742 g/mol. The molecule has 58 heavy (non-hydrogen) atoms. The standard InChI is InChI=1S/C55H35NO2/c1-3-16-36(17-4-1)37-32-34-39(35-33-37)56(49-29-14-24-43-41-21-9-12-31-51(41)58-54(43)49)48-28-15-26-46-52(48)44-22-7-10-25-45(44)55(46,38-18-5-2-6-19-38)47-27-13-23-42-40-20-8-11-30-50(40)57-53(42)47/h1-35H. The highest BCUT2D eigenvalue weighted by Gasteiger charge is 2.49. The maximum atomic E-state index is 6.89. The number of rotatable bonds is 6. The third kappa shape index (κ3) is 4.62. The first-order valence-electron chi connectivity index (χ1n) is 19.8. The van der Waals surface area contributed by atoms with Gasteiger partial charge in [-0.1, -0.05) is 176 Å². The molecule has 9 aromatic carbocycles. The van der Waals surface area contributed by atoms with E-state index in [1.165, 1.54) is 33.4 Å². The van der Waals surface area contributed by atoms with E-state index in [1.54, 1.807) is 0 Å². The van der Waals surface area contributed by atoms with Gasteiger partial charge in [0.2, 0.25) is 0 Å². The smallest absolute Gasteiger partial charge is 0.159 e. The van der Waals surface area contributed by atoms with Gasteiger partial charge in [-0.15, -0.1) is 0 Å². The first-order chi connectivity index (χ1) is 28.8. The van der Waals surface area contributed by atoms with Crippen molar-refractivity contribution < 1.29 is 8.83 Å². The molecule has 0 fully saturated rings. The Labute approximate surface area is 335 Å². The fourth-order valence-corrected chi connectivity index (χ4v) is 9.73. The summed E-state index contributed by atoms with van der Waals surface area (Å²) in [5.41, 5.74) is 15.3. The van der Waals surface area contributed by atoms with E-state index in [-0.39, 0.29) is 0 Å². The molecule has 272 valence electrons. The summed E-state index contributed by atoms with van der Waals surface area (Å²) in [6, 6.07) is 76.1. The Kier molecular flexibility index (Phi) is 7.14. The predicted octanol–water partition coefficient (Wildman–Crippen LogP) is 15.0. The summed E-state index contributed by atoms with van der Waals surface area (Å²) in [5, 5.41) is 4.42. The van der Waals surface area contributed by atoms with E-state index in [9.17, 15) is 0 Å². The van der Waals surface area contributed by atoms with Crippen LogP contribution in [0.4, 0.5) is 17.1 Å². The fraction of sp³-hybridized carbons (Fsp3) is 0.0182. The van der Waals surface area contributed by atoms with Gasteiger partial charge in [-0.05, 0) is 69.8 Å². The van der Waals surface area contributed by atoms with Gasteiger partial charge in [0.05, 0.1) is 16.8 Å². The minimum Gasteiger partial charge on any atom is -0.456 e. The van der Waals surface area contributed by atoms with Crippen LogP contribution >= 0.6 is 0 Å². The van der Waals surface area contributed by atoms with E-state index in [2.05, 4.69) is 205 Å². The van der Waals surface area contributed by atoms with Crippen LogP contribution in [0.1, 0.15) is 22.3 Å². The molecular weight excluding hydrogens is 707 g/mol. The average Bonchev–Trinajstić information content (AvgIpc) is 3.97. The molecule has 0 bridgehead atoms. The molecular formula is C55H35NO2. The van der Waals surface area contributed by atoms with Gasteiger partial charge in [-0.2, -0.15) is 0 Å². The Hall–Kier alpha value is -7.62. The van der Waals surface area contributed by atoms with Crippen LogP contribution in [0.2, 0.25) is 0 Å². The van der Waals surface area contributed by atoms with Crippen molar-refractivity contribution in [2.24, 2.45) is 0 Å². The quantitative estimate of drug-likeness (QED) is 0.170. The lowest BCUT2D eigenvalue weighted by Gasteiger charge is -2.34. The van der Waals surface area contributed by atoms with Crippen molar-refractivity contribution in [3.63, 3.8) is 0 Å². The van der Waals surface area contributed by atoms with Gasteiger partial charge in [0.1, 0.15) is 16.7 Å². The van der Waals surface area contributed by atoms with Crippen LogP contribution in [0, 0.1) is 0 Å². The van der Waals surface area contributed by atoms with Gasteiger partial charge >= 0.3 is 0 Å². The summed E-state index contributed by atoms with van der Waals surface area (Å²) in [6.45, 7) is 0. The lowest BCUT2D eigenvalue weighted by atomic mass is 9.67. The Bertz CT molecular complexity index is 3340. The Morgan fingerprint density at radius 3 is 1.62 bits per heavy atom. The molecule has 0 saturated heterocycles. The summed E-state index contributed by atoms with van der Waals surface area (Å²) >= 11 is 0. The van der Waals surface area contributed by atoms with Crippen molar-refractivity contribution in [2.45, 2.75) is 5.41 Å². The summed E-state index contributed by atoms with van der Waals surface area (Å²) in [7, 11) is 0. The monoisotopic (exact) mass is 741 g/mol. The zero-order valence-corrected chi connectivity index (χ0v) is 31.5. The normalized spacial score (nSPS) is 14.6. The van der Waals surface area contributed by atoms with E-state index in [1.807, 2.05) is 12.1 Å². The number of benzene rings is 9. The summed E-state index contributed by atoms with van der Waals surface area (Å²) in [6.07, 6.45) is 0. The molecule has 0 saturated carbocycles. The first kappa shape index (κ1) is 32.6. The third-order valence-corrected chi connectivity index (χ3v) is 12.2. The fourth-order valence-electron chi connectivity index (χ4n) is 9.73. The molecule has 1 unspecified atom stereocenters. The van der Waals surface area contributed by atoms with E-state index in [0.29, 0.717) is 0 Å². The molecule has 3 heteroatoms. The highest BCUT2D eigenvalue weighted by Crippen LogP contribution is 2.61. The number of para-hydroxylation sites is 4. The molecule has 0 amide bonds. The molecule has 3 nitrogen and oxygen atoms in total. The lowest BCUT2D eigenvalue weighted by molar-refractivity contribution is 0.648. The number of nitrogens with zero attached hydrogens (tertiary/aromatic N) is 1. The van der Waals surface area contributed by atoms with E-state index >= 15 is 0 Å². The van der Waals surface area contributed by atoms with Gasteiger partial charge in [0.25, 0.3) is 0 Å². The molecule has 1 aliphatic rings. The topological polar surface area (TPSA) is 29.5 Å². The molecule has 0 N–H and O–H groups in total. The van der Waals surface area contributed by atoms with Gasteiger partial charge in [0, 0.05) is 38.4 Å². The molecule has 11 aromatic rings. The van der Waals surface area contributed by atoms with E-state index in [4.69, 9.17) is 8.83 Å². The van der Waals surface area contributed by atoms with Crippen LogP contribution in [-0.4, -0.2) is 0 Å². The minimum atomic E-state index is -0.690. The Morgan fingerprint density at radius 1 is 0.345 bits per heavy atom. The molecule has 0 radical (unpaired) electrons. The predicted molar refractivity (Wildman–Crippen MR) is 238 cm³/mol. The van der Waals surface area contributed by atoms with Crippen molar-refractivity contribution in [2.75, 3.05) is 4.90 Å². The third-order valence-electron chi connectivity index (χ3n) is 12.2. The molecule has 0 spiro atoms. The van der Waals surface area contributed by atoms with Crippen molar-refractivity contribution in [3.05, 3.63) is 235 Å². The SMILES string of the molecule is c1ccc(-c2ccc(N(c3cccc4c3-c3ccccc3C4(c3ccccc3)c3cccc4c3oc3ccccc34)c3cccc4c3oc3ccccc34)cc2)cc1. The number of anilines is 3. The van der Waals surface area contributed by atoms with Gasteiger partial charge < -0.3 is 13.7 Å². The van der Waals surface area contributed by atoms with Crippen LogP contribution in [-0.2, 0) is 5.41 Å². The van der Waals surface area contributed by atoms with E-state index in [0.717, 1.165) is 72.1 Å². The van der Waals surface area contributed by atoms with Gasteiger partial charge in [-0.3, -0.25) is 0 Å².